The van der Waals surface area contributed by atoms with Gasteiger partial charge in [0.15, 0.2) is 0 Å². The van der Waals surface area contributed by atoms with Gasteiger partial charge >= 0.3 is 0 Å². The fraction of sp³-hybridized carbons (Fsp3) is 0.647. The fourth-order valence-corrected chi connectivity index (χ4v) is 2.31. The topological polar surface area (TPSA) is 32.7 Å². The van der Waals surface area contributed by atoms with Crippen LogP contribution < -0.4 is 4.90 Å². The number of rotatable bonds is 2. The molecule has 1 aliphatic heterocycles. The molecule has 0 amide bonds. The van der Waals surface area contributed by atoms with E-state index in [4.69, 9.17) is 4.74 Å². The van der Waals surface area contributed by atoms with Crippen LogP contribution in [0.3, 0.4) is 0 Å². The maximum atomic E-state index is 10.1. The van der Waals surface area contributed by atoms with Crippen molar-refractivity contribution in [2.45, 2.75) is 59.4 Å². The monoisotopic (exact) mass is 279 g/mol. The van der Waals surface area contributed by atoms with Gasteiger partial charge in [0.25, 0.3) is 0 Å². The number of morpholine rings is 1. The van der Waals surface area contributed by atoms with Gasteiger partial charge < -0.3 is 14.7 Å². The van der Waals surface area contributed by atoms with Gasteiger partial charge in [-0.25, -0.2) is 0 Å². The van der Waals surface area contributed by atoms with E-state index in [1.165, 1.54) is 11.3 Å². The quantitative estimate of drug-likeness (QED) is 0.901. The largest absolute Gasteiger partial charge is 0.388 e. The maximum Gasteiger partial charge on any atom is 0.103 e. The lowest BCUT2D eigenvalue weighted by atomic mass is 9.99. The molecule has 1 aromatic carbocycles. The van der Waals surface area contributed by atoms with Crippen molar-refractivity contribution in [3.63, 3.8) is 0 Å². The van der Waals surface area contributed by atoms with Crippen LogP contribution in [-0.2, 0) is 4.74 Å². The molecule has 2 atom stereocenters. The zero-order valence-corrected chi connectivity index (χ0v) is 13.7. The minimum absolute atomic E-state index is 0.136. The van der Waals surface area contributed by atoms with Crippen molar-refractivity contribution in [1.29, 1.82) is 0 Å². The van der Waals surface area contributed by atoms with Gasteiger partial charge in [0.1, 0.15) is 6.10 Å². The summed E-state index contributed by atoms with van der Waals surface area (Å²) in [5.74, 6) is 0. The van der Waals surface area contributed by atoms with Gasteiger partial charge in [-0.2, -0.15) is 0 Å². The number of aryl methyl sites for hydroxylation is 1. The number of nitrogens with zero attached hydrogens (tertiary/aromatic N) is 1. The first-order valence-electron chi connectivity index (χ1n) is 7.55. The SMILES string of the molecule is CC.Cc1ccc(N2CC(C(C)(C)O)O[C@@H](C)C2)cc1. The molecular weight excluding hydrogens is 250 g/mol. The molecule has 0 aliphatic carbocycles. The molecule has 1 unspecified atom stereocenters. The molecule has 0 aromatic heterocycles. The second kappa shape index (κ2) is 7.09. The van der Waals surface area contributed by atoms with Crippen molar-refractivity contribution in [1.82, 2.24) is 0 Å². The predicted octanol–water partition coefficient (Wildman–Crippen LogP) is 3.39. The maximum absolute atomic E-state index is 10.1. The van der Waals surface area contributed by atoms with Gasteiger partial charge in [0, 0.05) is 18.8 Å². The first-order valence-corrected chi connectivity index (χ1v) is 7.55. The molecule has 0 bridgehead atoms. The van der Waals surface area contributed by atoms with Crippen LogP contribution in [0.5, 0.6) is 0 Å². The van der Waals surface area contributed by atoms with Crippen molar-refractivity contribution in [3.05, 3.63) is 29.8 Å². The second-order valence-corrected chi connectivity index (χ2v) is 5.83. The van der Waals surface area contributed by atoms with Gasteiger partial charge in [-0.05, 0) is 39.8 Å². The summed E-state index contributed by atoms with van der Waals surface area (Å²) >= 11 is 0. The lowest BCUT2D eigenvalue weighted by Crippen LogP contribution is -2.54. The Morgan fingerprint density at radius 1 is 1.15 bits per heavy atom. The van der Waals surface area contributed by atoms with Crippen LogP contribution in [0.15, 0.2) is 24.3 Å². The second-order valence-electron chi connectivity index (χ2n) is 5.83. The lowest BCUT2D eigenvalue weighted by Gasteiger charge is -2.42. The predicted molar refractivity (Wildman–Crippen MR) is 85.4 cm³/mol. The Kier molecular flexibility index (Phi) is 6.03. The van der Waals surface area contributed by atoms with Gasteiger partial charge in [-0.1, -0.05) is 31.5 Å². The highest BCUT2D eigenvalue weighted by Gasteiger charge is 2.35. The first-order chi connectivity index (χ1) is 9.36. The third kappa shape index (κ3) is 4.50. The van der Waals surface area contributed by atoms with E-state index in [9.17, 15) is 5.11 Å². The van der Waals surface area contributed by atoms with Gasteiger partial charge in [0.05, 0.1) is 11.7 Å². The van der Waals surface area contributed by atoms with Crippen molar-refractivity contribution in [2.75, 3.05) is 18.0 Å². The first kappa shape index (κ1) is 17.0. The molecule has 1 heterocycles. The van der Waals surface area contributed by atoms with E-state index in [1.807, 2.05) is 27.7 Å². The highest BCUT2D eigenvalue weighted by molar-refractivity contribution is 5.48. The number of aliphatic hydroxyl groups is 1. The molecule has 0 radical (unpaired) electrons. The molecule has 114 valence electrons. The van der Waals surface area contributed by atoms with Crippen molar-refractivity contribution >= 4 is 5.69 Å². The van der Waals surface area contributed by atoms with E-state index in [-0.39, 0.29) is 12.2 Å². The highest BCUT2D eigenvalue weighted by atomic mass is 16.5. The van der Waals surface area contributed by atoms with Crippen molar-refractivity contribution < 1.29 is 9.84 Å². The third-order valence-corrected chi connectivity index (χ3v) is 3.45. The average Bonchev–Trinajstić information content (AvgIpc) is 2.40. The Bertz CT molecular complexity index is 394. The Morgan fingerprint density at radius 3 is 2.20 bits per heavy atom. The molecule has 1 saturated heterocycles. The van der Waals surface area contributed by atoms with Crippen LogP contribution in [0.4, 0.5) is 5.69 Å². The lowest BCUT2D eigenvalue weighted by molar-refractivity contribution is -0.120. The van der Waals surface area contributed by atoms with Gasteiger partial charge in [-0.15, -0.1) is 0 Å². The normalized spacial score (nSPS) is 23.1. The Labute approximate surface area is 123 Å². The van der Waals surface area contributed by atoms with Crippen LogP contribution >= 0.6 is 0 Å². The molecule has 1 aromatic rings. The minimum atomic E-state index is -0.808. The fourth-order valence-electron chi connectivity index (χ4n) is 2.31. The van der Waals surface area contributed by atoms with Crippen LogP contribution in [0.1, 0.15) is 40.2 Å². The van der Waals surface area contributed by atoms with Crippen LogP contribution in [0.25, 0.3) is 0 Å². The average molecular weight is 279 g/mol. The van der Waals surface area contributed by atoms with Crippen LogP contribution in [-0.4, -0.2) is 36.0 Å². The Morgan fingerprint density at radius 2 is 1.70 bits per heavy atom. The summed E-state index contributed by atoms with van der Waals surface area (Å²) < 4.78 is 5.83. The zero-order chi connectivity index (χ0) is 15.3. The standard InChI is InChI=1S/C15H23NO2.C2H6/c1-11-5-7-13(8-6-11)16-9-12(2)18-14(10-16)15(3,4)17;1-2/h5-8,12,14,17H,9-10H2,1-4H3;1-2H3/t12-,14?;/m0./s1. The molecule has 0 saturated carbocycles. The summed E-state index contributed by atoms with van der Waals surface area (Å²) in [6.45, 7) is 13.4. The molecule has 0 spiro atoms. The summed E-state index contributed by atoms with van der Waals surface area (Å²) in [7, 11) is 0. The Balaban J connectivity index is 0.000000956. The van der Waals surface area contributed by atoms with E-state index >= 15 is 0 Å². The van der Waals surface area contributed by atoms with Crippen LogP contribution in [0, 0.1) is 6.92 Å². The van der Waals surface area contributed by atoms with E-state index < -0.39 is 5.60 Å². The van der Waals surface area contributed by atoms with E-state index in [2.05, 4.69) is 43.0 Å². The molecule has 1 fully saturated rings. The smallest absolute Gasteiger partial charge is 0.103 e. The highest BCUT2D eigenvalue weighted by Crippen LogP contribution is 2.25. The molecule has 1 N–H and O–H groups in total. The molecule has 2 rings (SSSR count). The van der Waals surface area contributed by atoms with Crippen LogP contribution in [0.2, 0.25) is 0 Å². The minimum Gasteiger partial charge on any atom is -0.388 e. The van der Waals surface area contributed by atoms with E-state index in [1.54, 1.807) is 0 Å². The molecule has 3 nitrogen and oxygen atoms in total. The summed E-state index contributed by atoms with van der Waals surface area (Å²) in [6.07, 6.45) is -0.0148. The van der Waals surface area contributed by atoms with Gasteiger partial charge in [-0.3, -0.25) is 0 Å². The molecule has 3 heteroatoms. The number of ether oxygens (including phenoxy) is 1. The molecular formula is C17H29NO2. The summed E-state index contributed by atoms with van der Waals surface area (Å²) in [5, 5.41) is 10.1. The number of hydrogen-bond acceptors (Lipinski definition) is 3. The number of anilines is 1. The summed E-state index contributed by atoms with van der Waals surface area (Å²) in [5.41, 5.74) is 1.65. The van der Waals surface area contributed by atoms with Crippen molar-refractivity contribution in [2.24, 2.45) is 0 Å². The Hall–Kier alpha value is -1.06. The number of hydrogen-bond donors (Lipinski definition) is 1. The molecule has 20 heavy (non-hydrogen) atoms. The van der Waals surface area contributed by atoms with Gasteiger partial charge in [0.2, 0.25) is 0 Å². The molecule has 1 aliphatic rings. The summed E-state index contributed by atoms with van der Waals surface area (Å²) in [4.78, 5) is 2.29. The third-order valence-electron chi connectivity index (χ3n) is 3.45. The van der Waals surface area contributed by atoms with Crippen molar-refractivity contribution in [3.8, 4) is 0 Å². The zero-order valence-electron chi connectivity index (χ0n) is 13.7. The summed E-state index contributed by atoms with van der Waals surface area (Å²) in [6, 6.07) is 8.51. The van der Waals surface area contributed by atoms with E-state index in [0.29, 0.717) is 0 Å². The number of benzene rings is 1. The van der Waals surface area contributed by atoms with E-state index in [0.717, 1.165) is 13.1 Å².